The number of quaternary nitrogens is 1. The van der Waals surface area contributed by atoms with Crippen LogP contribution in [0.25, 0.3) is 0 Å². The third-order valence-corrected chi connectivity index (χ3v) is 17.4. The number of nitrogens with one attached hydrogen (secondary N) is 1. The lowest BCUT2D eigenvalue weighted by Crippen LogP contribution is -2.47. The second-order valence-corrected chi connectivity index (χ2v) is 27.9. The van der Waals surface area contributed by atoms with Gasteiger partial charge < -0.3 is 19.4 Å². The largest absolute Gasteiger partial charge is 0.472 e. The molecule has 0 aliphatic carbocycles. The predicted octanol–water partition coefficient (Wildman–Crippen LogP) is 24.4. The number of hydrogen-bond acceptors (Lipinski definition) is 6. The molecular weight excluding hydrogens is 1130 g/mol. The van der Waals surface area contributed by atoms with Crippen LogP contribution in [-0.2, 0) is 27.9 Å². The number of likely N-dealkylation sites (N-methyl/N-ethyl adjacent to an activating group) is 1. The summed E-state index contributed by atoms with van der Waals surface area (Å²) in [7, 11) is 1.49. The molecule has 0 saturated carbocycles. The Balaban J connectivity index is 5.02. The Labute approximate surface area is 557 Å². The van der Waals surface area contributed by atoms with E-state index in [-0.39, 0.29) is 31.5 Å². The maximum absolute atomic E-state index is 13.6. The highest BCUT2D eigenvalue weighted by atomic mass is 31.2. The van der Waals surface area contributed by atoms with Gasteiger partial charge in [-0.05, 0) is 115 Å². The summed E-state index contributed by atoms with van der Waals surface area (Å²) in [6.07, 6.45) is 95.4. The minimum absolute atomic E-state index is 0.0347. The highest BCUT2D eigenvalue weighted by molar-refractivity contribution is 7.47. The lowest BCUT2D eigenvalue weighted by Gasteiger charge is -2.27. The van der Waals surface area contributed by atoms with Crippen LogP contribution in [0.15, 0.2) is 109 Å². The lowest BCUT2D eigenvalue weighted by molar-refractivity contribution is -0.870. The predicted molar refractivity (Wildman–Crippen MR) is 392 cm³/mol. The Morgan fingerprint density at radius 3 is 1.09 bits per heavy atom. The smallest absolute Gasteiger partial charge is 0.456 e. The van der Waals surface area contributed by atoms with Gasteiger partial charge in [0.25, 0.3) is 0 Å². The first-order valence-corrected chi connectivity index (χ1v) is 39.2. The van der Waals surface area contributed by atoms with E-state index in [1.165, 1.54) is 186 Å². The summed E-state index contributed by atoms with van der Waals surface area (Å²) >= 11 is 0. The number of phosphoric ester groups is 1. The molecule has 0 rings (SSSR count). The molecule has 0 aromatic heterocycles. The van der Waals surface area contributed by atoms with Crippen LogP contribution in [-0.4, -0.2) is 74.3 Å². The number of ether oxygens (including phenoxy) is 1. The molecular formula is C80H144N2O7P+. The summed E-state index contributed by atoms with van der Waals surface area (Å²) < 4.78 is 30.9. The van der Waals surface area contributed by atoms with Crippen molar-refractivity contribution in [3.63, 3.8) is 0 Å². The Bertz CT molecular complexity index is 1910. The monoisotopic (exact) mass is 1280 g/mol. The van der Waals surface area contributed by atoms with Gasteiger partial charge in [-0.2, -0.15) is 0 Å². The van der Waals surface area contributed by atoms with Crippen LogP contribution in [0.1, 0.15) is 335 Å². The standard InChI is InChI=1S/C80H143N2O7P/c1-7-10-13-16-19-22-25-28-30-32-34-36-38-40-41-43-44-46-48-50-52-54-57-60-63-66-69-72-79(83)81-77(76-88-90(85,86)87-75-74-82(4,5)6)78(71-68-65-62-59-56-27-24-21-18-15-12-9-3)89-80(84)73-70-67-64-61-58-55-53-51-49-47-45-42-39-37-35-33-31-29-26-23-20-17-14-11-8-2/h10,13,19-20,22-23,28-31,34,36,40-41,44,46,68,71,77-78H,7-9,11-12,14-18,21,24-27,32-33,35,37-39,42-43,45,47-67,69-70,72-76H2,1-6H3,(H-,81,83,85,86)/p+1/b13-10-,22-19-,23-20-,30-28-,31-29-,36-34-,41-40-,46-44-,71-68+. The number of carbonyl (C=O) groups excluding carboxylic acids is 2. The molecule has 1 amide bonds. The van der Waals surface area contributed by atoms with E-state index in [1.807, 2.05) is 33.3 Å². The second kappa shape index (κ2) is 68.5. The molecule has 0 aliphatic rings. The number of amides is 1. The summed E-state index contributed by atoms with van der Waals surface area (Å²) in [5, 5.41) is 3.07. The molecule has 520 valence electrons. The van der Waals surface area contributed by atoms with Crippen LogP contribution in [0.5, 0.6) is 0 Å². The van der Waals surface area contributed by atoms with Gasteiger partial charge in [-0.15, -0.1) is 0 Å². The second-order valence-electron chi connectivity index (χ2n) is 26.4. The highest BCUT2D eigenvalue weighted by Gasteiger charge is 2.30. The molecule has 9 nitrogen and oxygen atoms in total. The van der Waals surface area contributed by atoms with Crippen molar-refractivity contribution in [1.29, 1.82) is 0 Å². The van der Waals surface area contributed by atoms with Crippen molar-refractivity contribution < 1.29 is 37.3 Å². The van der Waals surface area contributed by atoms with Gasteiger partial charge in [0.05, 0.1) is 33.8 Å². The average Bonchev–Trinajstić information content (AvgIpc) is 3.04. The summed E-state index contributed by atoms with van der Waals surface area (Å²) in [4.78, 5) is 38.0. The molecule has 0 fully saturated rings. The number of rotatable bonds is 68. The van der Waals surface area contributed by atoms with Gasteiger partial charge in [-0.1, -0.05) is 317 Å². The van der Waals surface area contributed by atoms with E-state index in [9.17, 15) is 19.0 Å². The minimum atomic E-state index is -4.47. The van der Waals surface area contributed by atoms with Crippen LogP contribution >= 0.6 is 7.82 Å². The quantitative estimate of drug-likeness (QED) is 0.0205. The number of nitrogens with zero attached hydrogens (tertiary/aromatic N) is 1. The summed E-state index contributed by atoms with van der Waals surface area (Å²) in [6, 6.07) is -0.860. The van der Waals surface area contributed by atoms with Gasteiger partial charge in [-0.3, -0.25) is 18.6 Å². The van der Waals surface area contributed by atoms with E-state index in [0.717, 1.165) is 116 Å². The Kier molecular flexibility index (Phi) is 66.0. The van der Waals surface area contributed by atoms with Crippen molar-refractivity contribution in [3.05, 3.63) is 109 Å². The molecule has 0 radical (unpaired) electrons. The Morgan fingerprint density at radius 2 is 0.711 bits per heavy atom. The van der Waals surface area contributed by atoms with Gasteiger partial charge in [0, 0.05) is 12.8 Å². The normalized spacial score (nSPS) is 14.1. The summed E-state index contributed by atoms with van der Waals surface area (Å²) in [5.74, 6) is -0.509. The zero-order chi connectivity index (χ0) is 65.6. The molecule has 0 heterocycles. The van der Waals surface area contributed by atoms with Crippen molar-refractivity contribution in [1.82, 2.24) is 5.32 Å². The number of hydrogen-bond donors (Lipinski definition) is 2. The highest BCUT2D eigenvalue weighted by Crippen LogP contribution is 2.43. The van der Waals surface area contributed by atoms with E-state index < -0.39 is 20.0 Å². The van der Waals surface area contributed by atoms with Crippen LogP contribution in [0.4, 0.5) is 0 Å². The summed E-state index contributed by atoms with van der Waals surface area (Å²) in [5.41, 5.74) is 0. The minimum Gasteiger partial charge on any atom is -0.456 e. The van der Waals surface area contributed by atoms with Gasteiger partial charge in [-0.25, -0.2) is 4.57 Å². The first-order chi connectivity index (χ1) is 43.9. The van der Waals surface area contributed by atoms with Crippen LogP contribution in [0, 0.1) is 0 Å². The van der Waals surface area contributed by atoms with E-state index in [1.54, 1.807) is 0 Å². The zero-order valence-corrected chi connectivity index (χ0v) is 60.5. The molecule has 0 aromatic rings. The van der Waals surface area contributed by atoms with Crippen molar-refractivity contribution >= 4 is 19.7 Å². The number of esters is 1. The third-order valence-electron chi connectivity index (χ3n) is 16.4. The first-order valence-electron chi connectivity index (χ1n) is 37.7. The molecule has 90 heavy (non-hydrogen) atoms. The molecule has 0 aromatic carbocycles. The van der Waals surface area contributed by atoms with Crippen LogP contribution in [0.2, 0.25) is 0 Å². The van der Waals surface area contributed by atoms with E-state index in [0.29, 0.717) is 17.4 Å². The van der Waals surface area contributed by atoms with Gasteiger partial charge >= 0.3 is 13.8 Å². The molecule has 10 heteroatoms. The fourth-order valence-electron chi connectivity index (χ4n) is 10.7. The average molecular weight is 1280 g/mol. The Morgan fingerprint density at radius 1 is 0.400 bits per heavy atom. The number of carbonyl (C=O) groups is 2. The van der Waals surface area contributed by atoms with Gasteiger partial charge in [0.15, 0.2) is 0 Å². The molecule has 3 unspecified atom stereocenters. The fraction of sp³-hybridized carbons (Fsp3) is 0.750. The summed E-state index contributed by atoms with van der Waals surface area (Å²) in [6.45, 7) is 6.89. The molecule has 0 saturated heterocycles. The van der Waals surface area contributed by atoms with E-state index >= 15 is 0 Å². The number of unbranched alkanes of at least 4 members (excludes halogenated alkanes) is 36. The zero-order valence-electron chi connectivity index (χ0n) is 59.6. The molecule has 2 N–H and O–H groups in total. The van der Waals surface area contributed by atoms with Crippen LogP contribution in [0.3, 0.4) is 0 Å². The molecule has 3 atom stereocenters. The lowest BCUT2D eigenvalue weighted by atomic mass is 10.0. The van der Waals surface area contributed by atoms with Crippen molar-refractivity contribution in [2.24, 2.45) is 0 Å². The molecule has 0 aliphatic heterocycles. The first kappa shape index (κ1) is 86.7. The Hall–Kier alpha value is -3.33. The number of allylic oxidation sites excluding steroid dienone is 17. The van der Waals surface area contributed by atoms with Gasteiger partial charge in [0.1, 0.15) is 19.3 Å². The van der Waals surface area contributed by atoms with Crippen molar-refractivity contribution in [2.75, 3.05) is 40.9 Å². The third kappa shape index (κ3) is 69.0. The maximum Gasteiger partial charge on any atom is 0.472 e. The molecule has 0 spiro atoms. The topological polar surface area (TPSA) is 111 Å². The van der Waals surface area contributed by atoms with Crippen molar-refractivity contribution in [3.8, 4) is 0 Å². The number of phosphoric acid groups is 1. The van der Waals surface area contributed by atoms with E-state index in [4.69, 9.17) is 13.8 Å². The van der Waals surface area contributed by atoms with Crippen LogP contribution < -0.4 is 5.32 Å². The SMILES string of the molecule is CC/C=C\C/C=C\C/C=C\C/C=C\C/C=C\C/C=C\CCCCCCCCCCC(=O)NC(COP(=O)(O)OCC[N+](C)(C)C)C(/C=C/CCCCCCCCCCCC)OC(=O)CCCCCCCCCCCCCCCCC/C=C\C/C=C\CCCCC. The van der Waals surface area contributed by atoms with Crippen molar-refractivity contribution in [2.45, 2.75) is 348 Å². The maximum atomic E-state index is 13.6. The van der Waals surface area contributed by atoms with Gasteiger partial charge in [0.2, 0.25) is 5.91 Å². The molecule has 0 bridgehead atoms. The fourth-order valence-corrected chi connectivity index (χ4v) is 11.4. The van der Waals surface area contributed by atoms with E-state index in [2.05, 4.69) is 123 Å².